The maximum atomic E-state index is 9.92. The van der Waals surface area contributed by atoms with Gasteiger partial charge in [0.2, 0.25) is 0 Å². The Morgan fingerprint density at radius 3 is 2.00 bits per heavy atom. The summed E-state index contributed by atoms with van der Waals surface area (Å²) >= 11 is 0. The van der Waals surface area contributed by atoms with Crippen LogP contribution in [0.5, 0.6) is 0 Å². The molecular formula is C9H20O6. The molecule has 0 heterocycles. The third-order valence-corrected chi connectivity index (χ3v) is 2.36. The number of rotatable bonds is 8. The van der Waals surface area contributed by atoms with E-state index in [0.717, 1.165) is 0 Å². The van der Waals surface area contributed by atoms with E-state index in [1.54, 1.807) is 0 Å². The van der Waals surface area contributed by atoms with Gasteiger partial charge in [-0.2, -0.15) is 0 Å². The number of aliphatic hydroxyl groups excluding tert-OH is 5. The van der Waals surface area contributed by atoms with Crippen LogP contribution < -0.4 is 0 Å². The van der Waals surface area contributed by atoms with E-state index in [4.69, 9.17) is 15.3 Å². The first-order valence-electron chi connectivity index (χ1n) is 4.91. The summed E-state index contributed by atoms with van der Waals surface area (Å²) in [6.07, 6.45) is -2.51. The van der Waals surface area contributed by atoms with Gasteiger partial charge >= 0.3 is 0 Å². The molecule has 0 aliphatic heterocycles. The highest BCUT2D eigenvalue weighted by Gasteiger charge is 2.36. The molecule has 0 saturated heterocycles. The Hall–Kier alpha value is -0.240. The van der Waals surface area contributed by atoms with Crippen LogP contribution in [0.3, 0.4) is 0 Å². The van der Waals surface area contributed by atoms with Gasteiger partial charge in [0.05, 0.1) is 24.9 Å². The van der Waals surface area contributed by atoms with Crippen molar-refractivity contribution in [3.05, 3.63) is 0 Å². The zero-order chi connectivity index (χ0) is 11.9. The lowest BCUT2D eigenvalue weighted by atomic mass is 9.86. The minimum atomic E-state index is -1.68. The summed E-state index contributed by atoms with van der Waals surface area (Å²) < 4.78 is 0. The molecule has 0 aromatic heterocycles. The van der Waals surface area contributed by atoms with Crippen molar-refractivity contribution >= 4 is 0 Å². The monoisotopic (exact) mass is 224 g/mol. The molecule has 0 rings (SSSR count). The van der Waals surface area contributed by atoms with Crippen molar-refractivity contribution in [2.75, 3.05) is 19.8 Å². The molecule has 0 spiro atoms. The van der Waals surface area contributed by atoms with Crippen molar-refractivity contribution in [3.63, 3.8) is 0 Å². The maximum absolute atomic E-state index is 9.92. The summed E-state index contributed by atoms with van der Waals surface area (Å²) in [6.45, 7) is -1.32. The molecule has 0 aliphatic carbocycles. The number of hydrogen-bond donors (Lipinski definition) is 6. The summed E-state index contributed by atoms with van der Waals surface area (Å²) in [7, 11) is 0. The summed E-state index contributed by atoms with van der Waals surface area (Å²) in [5.41, 5.74) is -1.68. The molecule has 0 aromatic carbocycles. The van der Waals surface area contributed by atoms with E-state index < -0.39 is 31.0 Å². The van der Waals surface area contributed by atoms with E-state index >= 15 is 0 Å². The van der Waals surface area contributed by atoms with Crippen LogP contribution in [-0.4, -0.2) is 68.3 Å². The van der Waals surface area contributed by atoms with Crippen molar-refractivity contribution in [1.29, 1.82) is 0 Å². The zero-order valence-corrected chi connectivity index (χ0v) is 8.58. The fourth-order valence-electron chi connectivity index (χ4n) is 1.43. The van der Waals surface area contributed by atoms with Gasteiger partial charge < -0.3 is 30.6 Å². The molecule has 0 amide bonds. The van der Waals surface area contributed by atoms with Crippen molar-refractivity contribution in [3.8, 4) is 0 Å². The molecule has 3 unspecified atom stereocenters. The quantitative estimate of drug-likeness (QED) is 0.273. The Morgan fingerprint density at radius 1 is 1.00 bits per heavy atom. The van der Waals surface area contributed by atoms with Crippen LogP contribution in [0.2, 0.25) is 0 Å². The minimum Gasteiger partial charge on any atom is -0.396 e. The van der Waals surface area contributed by atoms with Gasteiger partial charge in [-0.3, -0.25) is 0 Å². The lowest BCUT2D eigenvalue weighted by Gasteiger charge is -2.33. The molecule has 0 aromatic rings. The van der Waals surface area contributed by atoms with Gasteiger partial charge in [-0.05, 0) is 12.8 Å². The van der Waals surface area contributed by atoms with Crippen LogP contribution in [0, 0.1) is 0 Å². The van der Waals surface area contributed by atoms with Crippen LogP contribution in [0.4, 0.5) is 0 Å². The van der Waals surface area contributed by atoms with Gasteiger partial charge in [0.25, 0.3) is 0 Å². The Balaban J connectivity index is 4.39. The molecule has 0 fully saturated rings. The van der Waals surface area contributed by atoms with Crippen LogP contribution in [-0.2, 0) is 0 Å². The second-order valence-corrected chi connectivity index (χ2v) is 3.67. The SMILES string of the molecule is OCCCC(O)(CC(O)CO)C(O)CO. The van der Waals surface area contributed by atoms with Crippen molar-refractivity contribution in [2.45, 2.75) is 37.1 Å². The van der Waals surface area contributed by atoms with Crippen molar-refractivity contribution in [1.82, 2.24) is 0 Å². The van der Waals surface area contributed by atoms with E-state index in [-0.39, 0.29) is 25.9 Å². The van der Waals surface area contributed by atoms with Gasteiger partial charge in [0, 0.05) is 13.0 Å². The normalized spacial score (nSPS) is 19.6. The Labute approximate surface area is 88.4 Å². The number of aliphatic hydroxyl groups is 6. The van der Waals surface area contributed by atoms with Crippen molar-refractivity contribution < 1.29 is 30.6 Å². The predicted octanol–water partition coefficient (Wildman–Crippen LogP) is -2.41. The molecule has 6 heteroatoms. The first-order valence-corrected chi connectivity index (χ1v) is 4.91. The van der Waals surface area contributed by atoms with Crippen LogP contribution in [0.15, 0.2) is 0 Å². The first-order chi connectivity index (χ1) is 7.00. The molecule has 6 nitrogen and oxygen atoms in total. The Kier molecular flexibility index (Phi) is 6.99. The van der Waals surface area contributed by atoms with Crippen molar-refractivity contribution in [2.24, 2.45) is 0 Å². The molecule has 0 radical (unpaired) electrons. The third-order valence-electron chi connectivity index (χ3n) is 2.36. The van der Waals surface area contributed by atoms with E-state index in [1.165, 1.54) is 0 Å². The average Bonchev–Trinajstić information content (AvgIpc) is 2.24. The third kappa shape index (κ3) is 4.87. The first kappa shape index (κ1) is 14.8. The highest BCUT2D eigenvalue weighted by Crippen LogP contribution is 2.23. The number of hydrogen-bond acceptors (Lipinski definition) is 6. The van der Waals surface area contributed by atoms with Gasteiger partial charge in [-0.25, -0.2) is 0 Å². The largest absolute Gasteiger partial charge is 0.396 e. The summed E-state index contributed by atoms with van der Waals surface area (Å²) in [4.78, 5) is 0. The molecular weight excluding hydrogens is 204 g/mol. The Bertz CT molecular complexity index is 165. The van der Waals surface area contributed by atoms with Crippen LogP contribution in [0.1, 0.15) is 19.3 Å². The van der Waals surface area contributed by atoms with E-state index in [0.29, 0.717) is 0 Å². The topological polar surface area (TPSA) is 121 Å². The predicted molar refractivity (Wildman–Crippen MR) is 52.1 cm³/mol. The van der Waals surface area contributed by atoms with E-state index in [1.807, 2.05) is 0 Å². The molecule has 0 bridgehead atoms. The van der Waals surface area contributed by atoms with E-state index in [2.05, 4.69) is 0 Å². The lowest BCUT2D eigenvalue weighted by molar-refractivity contribution is -0.125. The second-order valence-electron chi connectivity index (χ2n) is 3.67. The van der Waals surface area contributed by atoms with Crippen LogP contribution >= 0.6 is 0 Å². The fourth-order valence-corrected chi connectivity index (χ4v) is 1.43. The highest BCUT2D eigenvalue weighted by atomic mass is 16.4. The highest BCUT2D eigenvalue weighted by molar-refractivity contribution is 4.88. The van der Waals surface area contributed by atoms with Gasteiger partial charge in [-0.15, -0.1) is 0 Å². The van der Waals surface area contributed by atoms with Gasteiger partial charge in [0.1, 0.15) is 6.10 Å². The molecule has 3 atom stereocenters. The lowest BCUT2D eigenvalue weighted by Crippen LogP contribution is -2.47. The maximum Gasteiger partial charge on any atom is 0.106 e. The van der Waals surface area contributed by atoms with Gasteiger partial charge in [-0.1, -0.05) is 0 Å². The van der Waals surface area contributed by atoms with E-state index in [9.17, 15) is 15.3 Å². The zero-order valence-electron chi connectivity index (χ0n) is 8.58. The second kappa shape index (κ2) is 7.10. The molecule has 0 aliphatic rings. The smallest absolute Gasteiger partial charge is 0.106 e. The van der Waals surface area contributed by atoms with Crippen LogP contribution in [0.25, 0.3) is 0 Å². The fraction of sp³-hybridized carbons (Fsp3) is 1.00. The summed E-state index contributed by atoms with van der Waals surface area (Å²) in [5.74, 6) is 0. The molecule has 0 saturated carbocycles. The van der Waals surface area contributed by atoms with Gasteiger partial charge in [0.15, 0.2) is 0 Å². The minimum absolute atomic E-state index is 0.0439. The summed E-state index contributed by atoms with van der Waals surface area (Å²) in [5, 5.41) is 54.4. The molecule has 15 heavy (non-hydrogen) atoms. The standard InChI is InChI=1S/C9H20O6/c10-3-1-2-9(15,8(14)6-12)4-7(13)5-11/h7-8,10-15H,1-6H2. The average molecular weight is 224 g/mol. The summed E-state index contributed by atoms with van der Waals surface area (Å²) in [6, 6.07) is 0. The Morgan fingerprint density at radius 2 is 1.60 bits per heavy atom. The molecule has 6 N–H and O–H groups in total. The molecule has 92 valence electrons.